The average Bonchev–Trinajstić information content (AvgIpc) is 3.66. The second-order valence-corrected chi connectivity index (χ2v) is 17.6. The first-order valence-electron chi connectivity index (χ1n) is 19.1. The molecule has 0 unspecified atom stereocenters. The molecule has 6 aromatic rings. The Morgan fingerprint density at radius 2 is 1.55 bits per heavy atom. The average molecular weight is 909 g/mol. The number of nitrogens with zero attached hydrogens (tertiary/aromatic N) is 1. The first-order valence-corrected chi connectivity index (χ1v) is 20.0. The van der Waals surface area contributed by atoms with Crippen LogP contribution in [0.5, 0.6) is 0 Å². The van der Waals surface area contributed by atoms with Gasteiger partial charge >= 0.3 is 0 Å². The Balaban J connectivity index is 0.000000299. The van der Waals surface area contributed by atoms with Crippen LogP contribution in [-0.4, -0.2) is 15.9 Å². The van der Waals surface area contributed by atoms with Crippen LogP contribution >= 0.6 is 11.3 Å². The molecule has 1 radical (unpaired) electrons. The molecule has 285 valence electrons. The van der Waals surface area contributed by atoms with Gasteiger partial charge in [0, 0.05) is 80.0 Å². The molecule has 3 aromatic carbocycles. The van der Waals surface area contributed by atoms with Crippen LogP contribution in [0.2, 0.25) is 0 Å². The molecule has 0 saturated heterocycles. The van der Waals surface area contributed by atoms with Crippen molar-refractivity contribution in [3.8, 4) is 11.3 Å². The predicted molar refractivity (Wildman–Crippen MR) is 224 cm³/mol. The van der Waals surface area contributed by atoms with Crippen LogP contribution in [0, 0.1) is 29.7 Å². The molecule has 0 aliphatic rings. The molecule has 0 amide bonds. The molecule has 1 N–H and O–H groups in total. The van der Waals surface area contributed by atoms with Gasteiger partial charge in [0.1, 0.15) is 17.1 Å². The number of hydrogen-bond donors (Lipinski definition) is 1. The molecule has 3 heterocycles. The third-order valence-electron chi connectivity index (χ3n) is 11.6. The second-order valence-electron chi connectivity index (χ2n) is 16.5. The Morgan fingerprint density at radius 1 is 0.906 bits per heavy atom. The molecule has 0 aliphatic carbocycles. The number of pyridine rings is 1. The summed E-state index contributed by atoms with van der Waals surface area (Å²) in [6.45, 7) is 25.5. The summed E-state index contributed by atoms with van der Waals surface area (Å²) < 4.78 is 8.86. The van der Waals surface area contributed by atoms with Gasteiger partial charge < -0.3 is 9.52 Å². The number of fused-ring (bicyclic) bond motifs is 6. The van der Waals surface area contributed by atoms with Crippen molar-refractivity contribution in [2.24, 2.45) is 16.7 Å². The van der Waals surface area contributed by atoms with Crippen molar-refractivity contribution >= 4 is 59.0 Å². The summed E-state index contributed by atoms with van der Waals surface area (Å²) in [6, 6.07) is 21.2. The number of furan rings is 1. The van der Waals surface area contributed by atoms with Gasteiger partial charge in [-0.25, -0.2) is 0 Å². The van der Waals surface area contributed by atoms with Crippen molar-refractivity contribution in [3.63, 3.8) is 0 Å². The fourth-order valence-electron chi connectivity index (χ4n) is 7.03. The molecule has 0 spiro atoms. The van der Waals surface area contributed by atoms with Crippen LogP contribution in [0.3, 0.4) is 0 Å². The summed E-state index contributed by atoms with van der Waals surface area (Å²) in [7, 11) is 0. The Kier molecular flexibility index (Phi) is 13.3. The summed E-state index contributed by atoms with van der Waals surface area (Å²) in [5.41, 5.74) is 5.14. The van der Waals surface area contributed by atoms with Crippen LogP contribution < -0.4 is 0 Å². The molecule has 53 heavy (non-hydrogen) atoms. The third kappa shape index (κ3) is 8.36. The monoisotopic (exact) mass is 909 g/mol. The van der Waals surface area contributed by atoms with Crippen molar-refractivity contribution in [1.82, 2.24) is 4.98 Å². The van der Waals surface area contributed by atoms with Crippen molar-refractivity contribution in [2.45, 2.75) is 121 Å². The van der Waals surface area contributed by atoms with E-state index >= 15 is 0 Å². The van der Waals surface area contributed by atoms with E-state index < -0.39 is 0 Å². The number of aliphatic hydroxyl groups excluding tert-OH is 1. The fourth-order valence-corrected chi connectivity index (χ4v) is 8.23. The van der Waals surface area contributed by atoms with Gasteiger partial charge in [-0.1, -0.05) is 105 Å². The van der Waals surface area contributed by atoms with Crippen LogP contribution in [0.1, 0.15) is 119 Å². The van der Waals surface area contributed by atoms with E-state index in [0.717, 1.165) is 60.1 Å². The van der Waals surface area contributed by atoms with Gasteiger partial charge in [-0.2, -0.15) is 0 Å². The van der Waals surface area contributed by atoms with E-state index in [2.05, 4.69) is 96.1 Å². The molecule has 0 fully saturated rings. The van der Waals surface area contributed by atoms with Crippen molar-refractivity contribution in [1.29, 1.82) is 0 Å². The number of ketones is 1. The minimum Gasteiger partial charge on any atom is -0.512 e. The molecule has 0 aliphatic heterocycles. The fraction of sp³-hybridized carbons (Fsp3) is 0.447. The van der Waals surface area contributed by atoms with E-state index in [0.29, 0.717) is 5.92 Å². The van der Waals surface area contributed by atoms with E-state index in [-0.39, 0.29) is 47.9 Å². The maximum atomic E-state index is 12.2. The summed E-state index contributed by atoms with van der Waals surface area (Å²) in [6.07, 6.45) is 7.72. The summed E-state index contributed by atoms with van der Waals surface area (Å²) in [5, 5.41) is 16.2. The molecule has 0 atom stereocenters. The maximum absolute atomic E-state index is 12.2. The summed E-state index contributed by atoms with van der Waals surface area (Å²) in [4.78, 5) is 17.1. The number of hydrogen-bond acceptors (Lipinski definition) is 5. The zero-order valence-electron chi connectivity index (χ0n) is 33.8. The van der Waals surface area contributed by atoms with Crippen molar-refractivity contribution in [2.75, 3.05) is 0 Å². The van der Waals surface area contributed by atoms with Gasteiger partial charge in [0.25, 0.3) is 0 Å². The van der Waals surface area contributed by atoms with E-state index in [1.807, 2.05) is 47.7 Å². The molecule has 4 nitrogen and oxygen atoms in total. The zero-order valence-corrected chi connectivity index (χ0v) is 37.1. The Bertz CT molecular complexity index is 2260. The number of benzene rings is 3. The van der Waals surface area contributed by atoms with Crippen LogP contribution in [0.25, 0.3) is 53.2 Å². The second kappa shape index (κ2) is 16.6. The van der Waals surface area contributed by atoms with Crippen molar-refractivity contribution < 1.29 is 34.4 Å². The predicted octanol–water partition coefficient (Wildman–Crippen LogP) is 14.3. The number of aromatic nitrogens is 1. The molecule has 0 saturated carbocycles. The van der Waals surface area contributed by atoms with E-state index in [4.69, 9.17) is 9.40 Å². The Morgan fingerprint density at radius 3 is 2.15 bits per heavy atom. The van der Waals surface area contributed by atoms with E-state index in [9.17, 15) is 9.90 Å². The number of rotatable bonds is 10. The quantitative estimate of drug-likeness (QED) is 0.0845. The van der Waals surface area contributed by atoms with E-state index in [1.54, 1.807) is 11.3 Å². The smallest absolute Gasteiger partial charge is 0.164 e. The standard InChI is InChI=1S/C32H30NOS.C15H28O2.Ir/c1-18(2)15-25-19(3)34-30-23(25)11-12-27-28(30)24-13-14-33-29(31(24)35-27)21-16-20-9-7-8-10-22(20)26(17-21)32(4,5)6;1-7-14(5,8-2)12(16)11-13(17)15(6,9-3)10-4;/h7-14,17-18H,15H2,1-6H3;11,16H,7-10H2,1-6H3;/q-1;;/b;12-11-;. The van der Waals surface area contributed by atoms with E-state index in [1.165, 1.54) is 48.1 Å². The molecule has 3 aromatic heterocycles. The van der Waals surface area contributed by atoms with Gasteiger partial charge in [0.2, 0.25) is 0 Å². The number of aliphatic hydroxyl groups is 1. The number of aryl methyl sites for hydroxylation is 1. The summed E-state index contributed by atoms with van der Waals surface area (Å²) in [5.74, 6) is 1.90. The zero-order chi connectivity index (χ0) is 38.2. The van der Waals surface area contributed by atoms with Gasteiger partial charge in [-0.3, -0.25) is 9.78 Å². The Hall–Kier alpha value is -3.31. The molecule has 0 bridgehead atoms. The normalized spacial score (nSPS) is 12.8. The Labute approximate surface area is 334 Å². The minimum absolute atomic E-state index is 0. The number of thiophene rings is 1. The minimum atomic E-state index is -0.337. The number of carbonyl (C=O) groups is 1. The number of allylic oxidation sites excluding steroid dienone is 2. The molecule has 6 rings (SSSR count). The number of carbonyl (C=O) groups excluding carboxylic acids is 1. The summed E-state index contributed by atoms with van der Waals surface area (Å²) >= 11 is 1.80. The van der Waals surface area contributed by atoms with Crippen LogP contribution in [0.15, 0.2) is 71.0 Å². The largest absolute Gasteiger partial charge is 0.512 e. The third-order valence-corrected chi connectivity index (χ3v) is 12.7. The first-order chi connectivity index (χ1) is 24.5. The van der Waals surface area contributed by atoms with Gasteiger partial charge in [0.05, 0.1) is 0 Å². The van der Waals surface area contributed by atoms with Crippen molar-refractivity contribution in [3.05, 3.63) is 89.5 Å². The maximum Gasteiger partial charge on any atom is 0.164 e. The SMILES string of the molecule is CCC(C)(CC)C(=O)/C=C(\O)C(C)(CC)CC.Cc1oc2c(ccc3sc4c(-c5[c-]c6ccccc6c(C(C)(C)C)c5)nccc4c32)c1CC(C)C.[Ir]. The first kappa shape index (κ1) is 42.4. The van der Waals surface area contributed by atoms with Gasteiger partial charge in [-0.05, 0) is 68.6 Å². The molecular formula is C47H58IrNO3S-. The molecular weight excluding hydrogens is 851 g/mol. The topological polar surface area (TPSA) is 63.3 Å². The van der Waals surface area contributed by atoms with Gasteiger partial charge in [0.15, 0.2) is 5.78 Å². The van der Waals surface area contributed by atoms with Crippen LogP contribution in [0.4, 0.5) is 0 Å². The molecule has 6 heteroatoms. The van der Waals surface area contributed by atoms with Gasteiger partial charge in [-0.15, -0.1) is 40.5 Å². The van der Waals surface area contributed by atoms with Crippen LogP contribution in [-0.2, 0) is 36.7 Å².